The SMILES string of the molecule is CCC(=O)Nc1scnc1C. The van der Waals surface area contributed by atoms with Crippen LogP contribution in [0.5, 0.6) is 0 Å². The van der Waals surface area contributed by atoms with Gasteiger partial charge in [-0.3, -0.25) is 4.79 Å². The standard InChI is InChI=1S/C7H10N2OS/c1-3-6(10)9-7-5(2)8-4-11-7/h4H,3H2,1-2H3,(H,9,10). The molecule has 0 aliphatic carbocycles. The fourth-order valence-corrected chi connectivity index (χ4v) is 1.35. The van der Waals surface area contributed by atoms with Crippen LogP contribution in [0.4, 0.5) is 5.00 Å². The van der Waals surface area contributed by atoms with Crippen LogP contribution in [0.1, 0.15) is 19.0 Å². The third-order valence-electron chi connectivity index (χ3n) is 1.32. The molecule has 0 unspecified atom stereocenters. The van der Waals surface area contributed by atoms with E-state index >= 15 is 0 Å². The Balaban J connectivity index is 2.64. The summed E-state index contributed by atoms with van der Waals surface area (Å²) >= 11 is 1.45. The molecular formula is C7H10N2OS. The van der Waals surface area contributed by atoms with Crippen LogP contribution < -0.4 is 5.32 Å². The number of amides is 1. The number of nitrogens with one attached hydrogen (secondary N) is 1. The highest BCUT2D eigenvalue weighted by Gasteiger charge is 2.03. The summed E-state index contributed by atoms with van der Waals surface area (Å²) in [4.78, 5) is 14.9. The number of carbonyl (C=O) groups is 1. The van der Waals surface area contributed by atoms with Gasteiger partial charge in [-0.1, -0.05) is 6.92 Å². The number of nitrogens with zero attached hydrogens (tertiary/aromatic N) is 1. The average molecular weight is 170 g/mol. The summed E-state index contributed by atoms with van der Waals surface area (Å²) in [5.74, 6) is 0.0392. The van der Waals surface area contributed by atoms with Crippen LogP contribution in [0.25, 0.3) is 0 Å². The second kappa shape index (κ2) is 3.48. The molecule has 1 N–H and O–H groups in total. The lowest BCUT2D eigenvalue weighted by Gasteiger charge is -1.98. The van der Waals surface area contributed by atoms with E-state index in [0.29, 0.717) is 6.42 Å². The summed E-state index contributed by atoms with van der Waals surface area (Å²) in [5.41, 5.74) is 2.61. The zero-order chi connectivity index (χ0) is 8.27. The van der Waals surface area contributed by atoms with E-state index in [1.807, 2.05) is 13.8 Å². The van der Waals surface area contributed by atoms with E-state index < -0.39 is 0 Å². The number of aryl methyl sites for hydroxylation is 1. The van der Waals surface area contributed by atoms with Crippen molar-refractivity contribution in [3.8, 4) is 0 Å². The lowest BCUT2D eigenvalue weighted by Crippen LogP contribution is -2.08. The molecule has 1 amide bonds. The molecule has 3 nitrogen and oxygen atoms in total. The second-order valence-corrected chi connectivity index (χ2v) is 3.02. The number of anilines is 1. The van der Waals surface area contributed by atoms with Gasteiger partial charge in [0.1, 0.15) is 5.00 Å². The van der Waals surface area contributed by atoms with Crippen molar-refractivity contribution >= 4 is 22.2 Å². The van der Waals surface area contributed by atoms with Crippen LogP contribution >= 0.6 is 11.3 Å². The maximum atomic E-state index is 10.9. The molecule has 0 spiro atoms. The van der Waals surface area contributed by atoms with E-state index in [-0.39, 0.29) is 5.91 Å². The normalized spacial score (nSPS) is 9.64. The van der Waals surface area contributed by atoms with Crippen molar-refractivity contribution in [3.63, 3.8) is 0 Å². The molecule has 1 aromatic heterocycles. The summed E-state index contributed by atoms with van der Waals surface area (Å²) in [6, 6.07) is 0. The van der Waals surface area contributed by atoms with Crippen molar-refractivity contribution in [2.75, 3.05) is 5.32 Å². The molecule has 11 heavy (non-hydrogen) atoms. The van der Waals surface area contributed by atoms with Gasteiger partial charge in [-0.2, -0.15) is 0 Å². The highest BCUT2D eigenvalue weighted by atomic mass is 32.1. The maximum absolute atomic E-state index is 10.9. The van der Waals surface area contributed by atoms with Crippen LogP contribution in [0.15, 0.2) is 5.51 Å². The molecule has 0 bridgehead atoms. The van der Waals surface area contributed by atoms with E-state index in [9.17, 15) is 4.79 Å². The smallest absolute Gasteiger partial charge is 0.224 e. The van der Waals surface area contributed by atoms with E-state index in [1.165, 1.54) is 11.3 Å². The Kier molecular flexibility index (Phi) is 2.59. The number of aromatic nitrogens is 1. The Bertz CT molecular complexity index is 257. The van der Waals surface area contributed by atoms with Crippen LogP contribution in [-0.2, 0) is 4.79 Å². The molecule has 0 aliphatic rings. The van der Waals surface area contributed by atoms with E-state index in [4.69, 9.17) is 0 Å². The monoisotopic (exact) mass is 170 g/mol. The van der Waals surface area contributed by atoms with Gasteiger partial charge in [0.15, 0.2) is 0 Å². The largest absolute Gasteiger partial charge is 0.316 e. The Morgan fingerprint density at radius 1 is 1.82 bits per heavy atom. The molecule has 60 valence electrons. The van der Waals surface area contributed by atoms with E-state index in [2.05, 4.69) is 10.3 Å². The summed E-state index contributed by atoms with van der Waals surface area (Å²) in [7, 11) is 0. The van der Waals surface area contributed by atoms with Crippen LogP contribution in [0, 0.1) is 6.92 Å². The minimum Gasteiger partial charge on any atom is -0.316 e. The molecule has 1 aromatic rings. The van der Waals surface area contributed by atoms with Gasteiger partial charge in [0.2, 0.25) is 5.91 Å². The summed E-state index contributed by atoms with van der Waals surface area (Å²) in [5, 5.41) is 3.62. The van der Waals surface area contributed by atoms with E-state index in [0.717, 1.165) is 10.7 Å². The molecule has 0 atom stereocenters. The molecule has 0 saturated heterocycles. The molecule has 0 aliphatic heterocycles. The molecule has 4 heteroatoms. The first-order valence-corrected chi connectivity index (χ1v) is 4.32. The number of rotatable bonds is 2. The zero-order valence-electron chi connectivity index (χ0n) is 6.55. The number of hydrogen-bond acceptors (Lipinski definition) is 3. The van der Waals surface area contributed by atoms with Crippen molar-refractivity contribution in [1.29, 1.82) is 0 Å². The first kappa shape index (κ1) is 8.20. The van der Waals surface area contributed by atoms with Crippen LogP contribution in [0.2, 0.25) is 0 Å². The predicted molar refractivity (Wildman–Crippen MR) is 45.8 cm³/mol. The fraction of sp³-hybridized carbons (Fsp3) is 0.429. The van der Waals surface area contributed by atoms with E-state index in [1.54, 1.807) is 5.51 Å². The van der Waals surface area contributed by atoms with Gasteiger partial charge in [0.05, 0.1) is 11.2 Å². The second-order valence-electron chi connectivity index (χ2n) is 2.17. The van der Waals surface area contributed by atoms with Gasteiger partial charge in [-0.25, -0.2) is 4.98 Å². The topological polar surface area (TPSA) is 42.0 Å². The summed E-state index contributed by atoms with van der Waals surface area (Å²) in [6.45, 7) is 3.70. The third-order valence-corrected chi connectivity index (χ3v) is 2.16. The molecule has 0 saturated carbocycles. The molecule has 0 radical (unpaired) electrons. The van der Waals surface area contributed by atoms with Gasteiger partial charge < -0.3 is 5.32 Å². The Labute approximate surface area is 69.5 Å². The lowest BCUT2D eigenvalue weighted by molar-refractivity contribution is -0.115. The average Bonchev–Trinajstić information content (AvgIpc) is 2.37. The van der Waals surface area contributed by atoms with Crippen molar-refractivity contribution < 1.29 is 4.79 Å². The molecule has 1 heterocycles. The first-order chi connectivity index (χ1) is 5.24. The summed E-state index contributed by atoms with van der Waals surface area (Å²) in [6.07, 6.45) is 0.511. The minimum atomic E-state index is 0.0392. The quantitative estimate of drug-likeness (QED) is 0.735. The van der Waals surface area contributed by atoms with Gasteiger partial charge in [-0.15, -0.1) is 11.3 Å². The van der Waals surface area contributed by atoms with Crippen LogP contribution in [0.3, 0.4) is 0 Å². The highest BCUT2D eigenvalue weighted by molar-refractivity contribution is 7.14. The summed E-state index contributed by atoms with van der Waals surface area (Å²) < 4.78 is 0. The molecular weight excluding hydrogens is 160 g/mol. The van der Waals surface area contributed by atoms with Gasteiger partial charge >= 0.3 is 0 Å². The van der Waals surface area contributed by atoms with Gasteiger partial charge in [0.25, 0.3) is 0 Å². The Hall–Kier alpha value is -0.900. The van der Waals surface area contributed by atoms with Crippen LogP contribution in [-0.4, -0.2) is 10.9 Å². The third kappa shape index (κ3) is 2.01. The number of thiazole rings is 1. The Morgan fingerprint density at radius 2 is 2.55 bits per heavy atom. The van der Waals surface area contributed by atoms with Gasteiger partial charge in [0, 0.05) is 6.42 Å². The van der Waals surface area contributed by atoms with Gasteiger partial charge in [-0.05, 0) is 6.92 Å². The minimum absolute atomic E-state index is 0.0392. The van der Waals surface area contributed by atoms with Crippen molar-refractivity contribution in [1.82, 2.24) is 4.98 Å². The Morgan fingerprint density at radius 3 is 3.00 bits per heavy atom. The fourth-order valence-electron chi connectivity index (χ4n) is 0.637. The maximum Gasteiger partial charge on any atom is 0.224 e. The molecule has 0 fully saturated rings. The lowest BCUT2D eigenvalue weighted by atomic mass is 10.4. The number of hydrogen-bond donors (Lipinski definition) is 1. The first-order valence-electron chi connectivity index (χ1n) is 3.44. The molecule has 1 rings (SSSR count). The van der Waals surface area contributed by atoms with Crippen molar-refractivity contribution in [2.24, 2.45) is 0 Å². The number of carbonyl (C=O) groups excluding carboxylic acids is 1. The predicted octanol–water partition coefficient (Wildman–Crippen LogP) is 1.80. The zero-order valence-corrected chi connectivity index (χ0v) is 7.36. The highest BCUT2D eigenvalue weighted by Crippen LogP contribution is 2.18. The molecule has 0 aromatic carbocycles. The van der Waals surface area contributed by atoms with Crippen molar-refractivity contribution in [3.05, 3.63) is 11.2 Å². The van der Waals surface area contributed by atoms with Crippen molar-refractivity contribution in [2.45, 2.75) is 20.3 Å².